The maximum Gasteiger partial charge on any atom is 0.129 e. The van der Waals surface area contributed by atoms with Gasteiger partial charge in [0.15, 0.2) is 0 Å². The maximum atomic E-state index is 13.5. The molecular weight excluding hydrogens is 291 g/mol. The smallest absolute Gasteiger partial charge is 0.129 e. The number of halogens is 4. The largest absolute Gasteiger partial charge is 0.324 e. The van der Waals surface area contributed by atoms with Gasteiger partial charge in [0.1, 0.15) is 11.6 Å². The fourth-order valence-corrected chi connectivity index (χ4v) is 2.41. The molecule has 1 nitrogen and oxygen atoms in total. The zero-order valence-electron chi connectivity index (χ0n) is 9.84. The Morgan fingerprint density at radius 1 is 1.05 bits per heavy atom. The van der Waals surface area contributed by atoms with Crippen LogP contribution in [0.1, 0.15) is 17.2 Å². The molecule has 19 heavy (non-hydrogen) atoms. The molecule has 0 saturated heterocycles. The highest BCUT2D eigenvalue weighted by Gasteiger charge is 2.16. The van der Waals surface area contributed by atoms with Gasteiger partial charge in [0, 0.05) is 21.7 Å². The van der Waals surface area contributed by atoms with E-state index in [0.29, 0.717) is 15.6 Å². The minimum absolute atomic E-state index is 0.0276. The van der Waals surface area contributed by atoms with Gasteiger partial charge in [0.25, 0.3) is 0 Å². The molecule has 2 aromatic rings. The Bertz CT molecular complexity index is 582. The normalized spacial score (nSPS) is 12.5. The van der Waals surface area contributed by atoms with Crippen molar-refractivity contribution < 1.29 is 8.78 Å². The van der Waals surface area contributed by atoms with E-state index < -0.39 is 17.7 Å². The van der Waals surface area contributed by atoms with Crippen LogP contribution in [0.15, 0.2) is 36.4 Å². The standard InChI is InChI=1S/C14H11Cl2F2N/c15-8-4-5-9(11(16)6-8)14(19)7-10-12(17)2-1-3-13(10)18/h1-6,14H,7,19H2. The van der Waals surface area contributed by atoms with Crippen molar-refractivity contribution in [1.82, 2.24) is 0 Å². The summed E-state index contributed by atoms with van der Waals surface area (Å²) in [6.45, 7) is 0. The zero-order chi connectivity index (χ0) is 14.0. The van der Waals surface area contributed by atoms with Crippen LogP contribution >= 0.6 is 23.2 Å². The molecule has 1 unspecified atom stereocenters. The minimum Gasteiger partial charge on any atom is -0.324 e. The lowest BCUT2D eigenvalue weighted by Crippen LogP contribution is -2.15. The van der Waals surface area contributed by atoms with Crippen LogP contribution in [0.25, 0.3) is 0 Å². The summed E-state index contributed by atoms with van der Waals surface area (Å²) >= 11 is 11.8. The summed E-state index contributed by atoms with van der Waals surface area (Å²) in [5.74, 6) is -1.22. The Kier molecular flexibility index (Phi) is 4.40. The fourth-order valence-electron chi connectivity index (χ4n) is 1.86. The monoisotopic (exact) mass is 301 g/mol. The summed E-state index contributed by atoms with van der Waals surface area (Å²) < 4.78 is 27.1. The molecule has 0 aliphatic heterocycles. The Labute approximate surface area is 119 Å². The zero-order valence-corrected chi connectivity index (χ0v) is 11.3. The number of hydrogen-bond acceptors (Lipinski definition) is 1. The molecule has 0 heterocycles. The van der Waals surface area contributed by atoms with Crippen molar-refractivity contribution in [3.63, 3.8) is 0 Å². The maximum absolute atomic E-state index is 13.5. The average Bonchev–Trinajstić information content (AvgIpc) is 2.33. The second-order valence-electron chi connectivity index (χ2n) is 4.18. The molecule has 100 valence electrons. The van der Waals surface area contributed by atoms with Crippen molar-refractivity contribution >= 4 is 23.2 Å². The van der Waals surface area contributed by atoms with Gasteiger partial charge in [-0.25, -0.2) is 8.78 Å². The molecule has 0 amide bonds. The molecule has 2 rings (SSSR count). The lowest BCUT2D eigenvalue weighted by Gasteiger charge is -2.15. The summed E-state index contributed by atoms with van der Waals surface area (Å²) in [5, 5.41) is 0.870. The van der Waals surface area contributed by atoms with Gasteiger partial charge in [0.05, 0.1) is 0 Å². The van der Waals surface area contributed by atoms with E-state index in [-0.39, 0.29) is 12.0 Å². The van der Waals surface area contributed by atoms with E-state index in [4.69, 9.17) is 28.9 Å². The molecule has 0 bridgehead atoms. The SMILES string of the molecule is NC(Cc1c(F)cccc1F)c1ccc(Cl)cc1Cl. The van der Waals surface area contributed by atoms with Crippen molar-refractivity contribution in [2.45, 2.75) is 12.5 Å². The highest BCUT2D eigenvalue weighted by molar-refractivity contribution is 6.35. The van der Waals surface area contributed by atoms with Crippen molar-refractivity contribution in [1.29, 1.82) is 0 Å². The molecule has 2 N–H and O–H groups in total. The van der Waals surface area contributed by atoms with Crippen LogP contribution in [-0.4, -0.2) is 0 Å². The van der Waals surface area contributed by atoms with Gasteiger partial charge in [-0.1, -0.05) is 35.3 Å². The molecule has 1 atom stereocenters. The third-order valence-electron chi connectivity index (χ3n) is 2.85. The molecule has 0 aliphatic rings. The second kappa shape index (κ2) is 5.87. The Hall–Kier alpha value is -1.16. The van der Waals surface area contributed by atoms with Gasteiger partial charge in [-0.3, -0.25) is 0 Å². The Balaban J connectivity index is 2.28. The van der Waals surface area contributed by atoms with Crippen LogP contribution in [0, 0.1) is 11.6 Å². The number of rotatable bonds is 3. The van der Waals surface area contributed by atoms with E-state index in [1.54, 1.807) is 18.2 Å². The van der Waals surface area contributed by atoms with E-state index in [1.807, 2.05) is 0 Å². The number of nitrogens with two attached hydrogens (primary N) is 1. The van der Waals surface area contributed by atoms with Gasteiger partial charge < -0.3 is 5.73 Å². The Morgan fingerprint density at radius 2 is 1.68 bits per heavy atom. The third-order valence-corrected chi connectivity index (χ3v) is 3.41. The molecule has 0 spiro atoms. The van der Waals surface area contributed by atoms with E-state index >= 15 is 0 Å². The fraction of sp³-hybridized carbons (Fsp3) is 0.143. The molecule has 0 aliphatic carbocycles. The number of hydrogen-bond donors (Lipinski definition) is 1. The number of benzene rings is 2. The summed E-state index contributed by atoms with van der Waals surface area (Å²) in [4.78, 5) is 0. The molecule has 0 aromatic heterocycles. The van der Waals surface area contributed by atoms with E-state index in [9.17, 15) is 8.78 Å². The highest BCUT2D eigenvalue weighted by atomic mass is 35.5. The molecular formula is C14H11Cl2F2N. The topological polar surface area (TPSA) is 26.0 Å². The van der Waals surface area contributed by atoms with Crippen LogP contribution in [-0.2, 0) is 6.42 Å². The first-order chi connectivity index (χ1) is 8.99. The van der Waals surface area contributed by atoms with Crippen LogP contribution in [0.5, 0.6) is 0 Å². The molecule has 0 radical (unpaired) electrons. The summed E-state index contributed by atoms with van der Waals surface area (Å²) in [6, 6.07) is 7.97. The average molecular weight is 302 g/mol. The predicted molar refractivity (Wildman–Crippen MR) is 73.5 cm³/mol. The lowest BCUT2D eigenvalue weighted by atomic mass is 9.99. The van der Waals surface area contributed by atoms with E-state index in [2.05, 4.69) is 0 Å². The molecule has 0 saturated carbocycles. The first-order valence-corrected chi connectivity index (χ1v) is 6.38. The van der Waals surface area contributed by atoms with Crippen LogP contribution in [0.2, 0.25) is 10.0 Å². The van der Waals surface area contributed by atoms with Crippen molar-refractivity contribution in [2.75, 3.05) is 0 Å². The highest BCUT2D eigenvalue weighted by Crippen LogP contribution is 2.28. The van der Waals surface area contributed by atoms with Gasteiger partial charge in [-0.15, -0.1) is 0 Å². The van der Waals surface area contributed by atoms with Gasteiger partial charge in [0.2, 0.25) is 0 Å². The van der Waals surface area contributed by atoms with Gasteiger partial charge in [-0.2, -0.15) is 0 Å². The van der Waals surface area contributed by atoms with Crippen molar-refractivity contribution in [2.24, 2.45) is 5.73 Å². The summed E-state index contributed by atoms with van der Waals surface area (Å²) in [7, 11) is 0. The van der Waals surface area contributed by atoms with Crippen molar-refractivity contribution in [3.05, 3.63) is 69.2 Å². The predicted octanol–water partition coefficient (Wildman–Crippen LogP) is 4.51. The minimum atomic E-state index is -0.611. The Morgan fingerprint density at radius 3 is 2.26 bits per heavy atom. The van der Waals surface area contributed by atoms with Crippen LogP contribution in [0.4, 0.5) is 8.78 Å². The van der Waals surface area contributed by atoms with E-state index in [0.717, 1.165) is 0 Å². The third kappa shape index (κ3) is 3.24. The van der Waals surface area contributed by atoms with Crippen molar-refractivity contribution in [3.8, 4) is 0 Å². The van der Waals surface area contributed by atoms with Gasteiger partial charge in [-0.05, 0) is 36.2 Å². The van der Waals surface area contributed by atoms with Crippen LogP contribution < -0.4 is 5.73 Å². The molecule has 5 heteroatoms. The second-order valence-corrected chi connectivity index (χ2v) is 5.02. The lowest BCUT2D eigenvalue weighted by molar-refractivity contribution is 0.540. The first kappa shape index (κ1) is 14.3. The molecule has 0 fully saturated rings. The summed E-state index contributed by atoms with van der Waals surface area (Å²) in [6.07, 6.45) is 0.0276. The summed E-state index contributed by atoms with van der Waals surface area (Å²) in [5.41, 5.74) is 6.52. The van der Waals surface area contributed by atoms with Crippen LogP contribution in [0.3, 0.4) is 0 Å². The van der Waals surface area contributed by atoms with E-state index in [1.165, 1.54) is 18.2 Å². The molecule has 2 aromatic carbocycles. The quantitative estimate of drug-likeness (QED) is 0.886. The first-order valence-electron chi connectivity index (χ1n) is 5.62. The van der Waals surface area contributed by atoms with Gasteiger partial charge >= 0.3 is 0 Å².